The molecule has 1 saturated carbocycles. The fraction of sp³-hybridized carbons (Fsp3) is 0.929. The maximum atomic E-state index is 11.3. The van der Waals surface area contributed by atoms with E-state index in [0.29, 0.717) is 0 Å². The standard InChI is InChI=1S/C14H26N2O3/c1-10(17)12-6-13(15-14(18)19-2)9-16(8-12)7-11-4-3-5-11/h10-13,17H,3-9H2,1-2H3,(H,15,18). The van der Waals surface area contributed by atoms with Crippen LogP contribution >= 0.6 is 0 Å². The Morgan fingerprint density at radius 2 is 2.21 bits per heavy atom. The number of nitrogens with one attached hydrogen (secondary N) is 1. The average Bonchev–Trinajstić information content (AvgIpc) is 2.33. The second kappa shape index (κ2) is 6.57. The summed E-state index contributed by atoms with van der Waals surface area (Å²) < 4.78 is 4.67. The van der Waals surface area contributed by atoms with Crippen LogP contribution in [-0.2, 0) is 4.74 Å². The third-order valence-corrected chi connectivity index (χ3v) is 4.49. The van der Waals surface area contributed by atoms with Crippen LogP contribution in [0.2, 0.25) is 0 Å². The van der Waals surface area contributed by atoms with E-state index < -0.39 is 0 Å². The highest BCUT2D eigenvalue weighted by atomic mass is 16.5. The molecule has 1 aliphatic carbocycles. The first kappa shape index (κ1) is 14.6. The van der Waals surface area contributed by atoms with Crippen molar-refractivity contribution in [3.63, 3.8) is 0 Å². The summed E-state index contributed by atoms with van der Waals surface area (Å²) in [6, 6.07) is 0.0841. The van der Waals surface area contributed by atoms with Gasteiger partial charge in [0.15, 0.2) is 0 Å². The van der Waals surface area contributed by atoms with E-state index in [1.54, 1.807) is 0 Å². The second-order valence-corrected chi connectivity index (χ2v) is 6.08. The maximum absolute atomic E-state index is 11.3. The van der Waals surface area contributed by atoms with Crippen molar-refractivity contribution in [2.75, 3.05) is 26.7 Å². The average molecular weight is 270 g/mol. The molecule has 1 heterocycles. The molecule has 0 aromatic carbocycles. The van der Waals surface area contributed by atoms with E-state index in [9.17, 15) is 9.90 Å². The van der Waals surface area contributed by atoms with Crippen LogP contribution in [0, 0.1) is 11.8 Å². The fourth-order valence-corrected chi connectivity index (χ4v) is 3.10. The van der Waals surface area contributed by atoms with Gasteiger partial charge in [0.25, 0.3) is 0 Å². The number of carbonyl (C=O) groups is 1. The van der Waals surface area contributed by atoms with E-state index in [1.807, 2.05) is 6.92 Å². The van der Waals surface area contributed by atoms with Gasteiger partial charge in [0.05, 0.1) is 13.2 Å². The number of hydrogen-bond donors (Lipinski definition) is 2. The molecule has 0 radical (unpaired) electrons. The monoisotopic (exact) mass is 270 g/mol. The number of rotatable bonds is 4. The number of nitrogens with zero attached hydrogens (tertiary/aromatic N) is 1. The lowest BCUT2D eigenvalue weighted by molar-refractivity contribution is 0.0348. The van der Waals surface area contributed by atoms with Crippen LogP contribution < -0.4 is 5.32 Å². The predicted molar refractivity (Wildman–Crippen MR) is 72.9 cm³/mol. The molecule has 1 saturated heterocycles. The molecular formula is C14H26N2O3. The van der Waals surface area contributed by atoms with Gasteiger partial charge in [0, 0.05) is 25.7 Å². The Morgan fingerprint density at radius 1 is 1.47 bits per heavy atom. The highest BCUT2D eigenvalue weighted by molar-refractivity contribution is 5.67. The summed E-state index contributed by atoms with van der Waals surface area (Å²) in [6.45, 7) is 4.75. The van der Waals surface area contributed by atoms with Crippen LogP contribution in [0.1, 0.15) is 32.6 Å². The van der Waals surface area contributed by atoms with E-state index in [2.05, 4.69) is 15.0 Å². The van der Waals surface area contributed by atoms with Gasteiger partial charge in [-0.3, -0.25) is 0 Å². The van der Waals surface area contributed by atoms with Crippen LogP contribution in [0.25, 0.3) is 0 Å². The van der Waals surface area contributed by atoms with Gasteiger partial charge in [-0.15, -0.1) is 0 Å². The maximum Gasteiger partial charge on any atom is 0.407 e. The number of carbonyl (C=O) groups excluding carboxylic acids is 1. The van der Waals surface area contributed by atoms with Crippen LogP contribution in [0.5, 0.6) is 0 Å². The molecule has 3 unspecified atom stereocenters. The van der Waals surface area contributed by atoms with Gasteiger partial charge in [0.1, 0.15) is 0 Å². The predicted octanol–water partition coefficient (Wildman–Crippen LogP) is 1.21. The first-order chi connectivity index (χ1) is 9.08. The number of aliphatic hydroxyl groups excluding tert-OH is 1. The number of hydrogen-bond acceptors (Lipinski definition) is 4. The van der Waals surface area contributed by atoms with Crippen molar-refractivity contribution in [3.05, 3.63) is 0 Å². The quantitative estimate of drug-likeness (QED) is 0.806. The van der Waals surface area contributed by atoms with Crippen molar-refractivity contribution in [1.29, 1.82) is 0 Å². The summed E-state index contributed by atoms with van der Waals surface area (Å²) in [5.41, 5.74) is 0. The van der Waals surface area contributed by atoms with E-state index in [0.717, 1.165) is 32.0 Å². The Hall–Kier alpha value is -0.810. The SMILES string of the molecule is COC(=O)NC1CC(C(C)O)CN(CC2CCC2)C1. The zero-order valence-electron chi connectivity index (χ0n) is 12.0. The second-order valence-electron chi connectivity index (χ2n) is 6.08. The van der Waals surface area contributed by atoms with Crippen molar-refractivity contribution in [2.24, 2.45) is 11.8 Å². The minimum atomic E-state index is -0.375. The number of methoxy groups -OCH3 is 1. The molecule has 19 heavy (non-hydrogen) atoms. The molecule has 0 aromatic rings. The van der Waals surface area contributed by atoms with Gasteiger partial charge < -0.3 is 20.1 Å². The van der Waals surface area contributed by atoms with Gasteiger partial charge >= 0.3 is 6.09 Å². The number of piperidine rings is 1. The molecule has 1 amide bonds. The van der Waals surface area contributed by atoms with Gasteiger partial charge in [-0.05, 0) is 38.0 Å². The molecule has 2 aliphatic rings. The van der Waals surface area contributed by atoms with Crippen LogP contribution in [-0.4, -0.2) is 55.0 Å². The molecule has 0 bridgehead atoms. The van der Waals surface area contributed by atoms with Crippen LogP contribution in [0.4, 0.5) is 4.79 Å². The topological polar surface area (TPSA) is 61.8 Å². The van der Waals surface area contributed by atoms with Crippen molar-refractivity contribution < 1.29 is 14.6 Å². The molecule has 2 rings (SSSR count). The third kappa shape index (κ3) is 4.08. The largest absolute Gasteiger partial charge is 0.453 e. The molecule has 0 aromatic heterocycles. The number of alkyl carbamates (subject to hydrolysis) is 1. The van der Waals surface area contributed by atoms with Crippen molar-refractivity contribution in [3.8, 4) is 0 Å². The third-order valence-electron chi connectivity index (χ3n) is 4.49. The molecule has 2 N–H and O–H groups in total. The smallest absolute Gasteiger partial charge is 0.407 e. The van der Waals surface area contributed by atoms with E-state index >= 15 is 0 Å². The molecule has 3 atom stereocenters. The summed E-state index contributed by atoms with van der Waals surface area (Å²) in [5.74, 6) is 1.04. The van der Waals surface area contributed by atoms with Crippen LogP contribution in [0.15, 0.2) is 0 Å². The highest BCUT2D eigenvalue weighted by Gasteiger charge is 2.32. The first-order valence-electron chi connectivity index (χ1n) is 7.33. The molecule has 0 spiro atoms. The fourth-order valence-electron chi connectivity index (χ4n) is 3.10. The van der Waals surface area contributed by atoms with Gasteiger partial charge in [-0.1, -0.05) is 6.42 Å². The Labute approximate surface area is 115 Å². The minimum Gasteiger partial charge on any atom is -0.453 e. The Kier molecular flexibility index (Phi) is 5.05. The summed E-state index contributed by atoms with van der Waals surface area (Å²) in [4.78, 5) is 13.7. The Morgan fingerprint density at radius 3 is 2.74 bits per heavy atom. The van der Waals surface area contributed by atoms with E-state index in [-0.39, 0.29) is 24.2 Å². The van der Waals surface area contributed by atoms with Crippen molar-refractivity contribution in [2.45, 2.75) is 44.8 Å². The number of aliphatic hydroxyl groups is 1. The Balaban J connectivity index is 1.89. The lowest BCUT2D eigenvalue weighted by Gasteiger charge is -2.41. The lowest BCUT2D eigenvalue weighted by atomic mass is 9.83. The van der Waals surface area contributed by atoms with Gasteiger partial charge in [0.2, 0.25) is 0 Å². The van der Waals surface area contributed by atoms with Gasteiger partial charge in [-0.2, -0.15) is 0 Å². The van der Waals surface area contributed by atoms with E-state index in [1.165, 1.54) is 26.4 Å². The van der Waals surface area contributed by atoms with Crippen molar-refractivity contribution in [1.82, 2.24) is 10.2 Å². The zero-order chi connectivity index (χ0) is 13.8. The van der Waals surface area contributed by atoms with Crippen LogP contribution in [0.3, 0.4) is 0 Å². The summed E-state index contributed by atoms with van der Waals surface area (Å²) in [5, 5.41) is 12.7. The zero-order valence-corrected chi connectivity index (χ0v) is 12.0. The lowest BCUT2D eigenvalue weighted by Crippen LogP contribution is -2.53. The normalized spacial score (nSPS) is 30.5. The molecular weight excluding hydrogens is 244 g/mol. The molecule has 5 heteroatoms. The number of ether oxygens (including phenoxy) is 1. The molecule has 2 fully saturated rings. The first-order valence-corrected chi connectivity index (χ1v) is 7.33. The summed E-state index contributed by atoms with van der Waals surface area (Å²) >= 11 is 0. The molecule has 5 nitrogen and oxygen atoms in total. The highest BCUT2D eigenvalue weighted by Crippen LogP contribution is 2.29. The molecule has 1 aliphatic heterocycles. The van der Waals surface area contributed by atoms with Gasteiger partial charge in [-0.25, -0.2) is 4.79 Å². The van der Waals surface area contributed by atoms with E-state index in [4.69, 9.17) is 0 Å². The Bertz CT molecular complexity index is 305. The van der Waals surface area contributed by atoms with Crippen molar-refractivity contribution >= 4 is 6.09 Å². The summed E-state index contributed by atoms with van der Waals surface area (Å²) in [7, 11) is 1.39. The summed E-state index contributed by atoms with van der Waals surface area (Å²) in [6.07, 6.45) is 4.12. The number of likely N-dealkylation sites (tertiary alicyclic amines) is 1. The number of amides is 1. The molecule has 110 valence electrons. The minimum absolute atomic E-state index is 0.0841.